The fourth-order valence-corrected chi connectivity index (χ4v) is 2.61. The smallest absolute Gasteiger partial charge is 0.394 e. The molecule has 0 saturated heterocycles. The quantitative estimate of drug-likeness (QED) is 0.365. The lowest BCUT2D eigenvalue weighted by Crippen LogP contribution is -2.20. The van der Waals surface area contributed by atoms with Crippen LogP contribution in [0.15, 0.2) is 36.7 Å². The maximum absolute atomic E-state index is 13.5. The molecule has 8 nitrogen and oxygen atoms in total. The molecule has 0 aliphatic carbocycles. The number of halogens is 4. The van der Waals surface area contributed by atoms with E-state index in [9.17, 15) is 22.7 Å². The van der Waals surface area contributed by atoms with Gasteiger partial charge in [-0.05, 0) is 25.1 Å². The molecule has 0 saturated carbocycles. The number of nitrogens with one attached hydrogen (secondary N) is 2. The van der Waals surface area contributed by atoms with Crippen molar-refractivity contribution < 1.29 is 22.7 Å². The normalized spacial score (nSPS) is 13.5. The molecule has 0 radical (unpaired) electrons. The standard InChI is InChI=1S/C18H18F4N7OP/c1-9(8-30)25-13-7-14(26-10-2-4-23-11(6-10)15(19)31)29-17(28-13)16-24-5-3-12(27-16)18(20,21)22/h2-7,9,15,30H,8,31H2,1H3,(H2,23,25,26,28,29). The largest absolute Gasteiger partial charge is 0.433 e. The van der Waals surface area contributed by atoms with Crippen LogP contribution in [0.25, 0.3) is 11.6 Å². The van der Waals surface area contributed by atoms with E-state index in [1.807, 2.05) is 9.24 Å². The van der Waals surface area contributed by atoms with Crippen molar-refractivity contribution in [1.82, 2.24) is 24.9 Å². The van der Waals surface area contributed by atoms with Gasteiger partial charge in [0.2, 0.25) is 5.82 Å². The van der Waals surface area contributed by atoms with E-state index in [0.29, 0.717) is 5.69 Å². The number of hydrogen-bond acceptors (Lipinski definition) is 8. The van der Waals surface area contributed by atoms with Crippen LogP contribution in [0.3, 0.4) is 0 Å². The molecule has 0 amide bonds. The summed E-state index contributed by atoms with van der Waals surface area (Å²) in [6.45, 7) is 1.48. The van der Waals surface area contributed by atoms with E-state index >= 15 is 0 Å². The molecular formula is C18H18F4N7OP. The molecule has 13 heteroatoms. The monoisotopic (exact) mass is 455 g/mol. The van der Waals surface area contributed by atoms with Gasteiger partial charge in [-0.25, -0.2) is 24.3 Å². The van der Waals surface area contributed by atoms with Crippen LogP contribution in [0.5, 0.6) is 0 Å². The van der Waals surface area contributed by atoms with Crippen molar-refractivity contribution in [3.05, 3.63) is 48.0 Å². The first-order valence-electron chi connectivity index (χ1n) is 8.95. The molecule has 0 aliphatic rings. The van der Waals surface area contributed by atoms with Gasteiger partial charge in [0.05, 0.1) is 12.3 Å². The average molecular weight is 455 g/mol. The van der Waals surface area contributed by atoms with Crippen LogP contribution in [0, 0.1) is 0 Å². The van der Waals surface area contributed by atoms with Gasteiger partial charge in [0.1, 0.15) is 17.3 Å². The Morgan fingerprint density at radius 1 is 1.03 bits per heavy atom. The minimum Gasteiger partial charge on any atom is -0.394 e. The number of aromatic nitrogens is 5. The summed E-state index contributed by atoms with van der Waals surface area (Å²) in [7, 11) is 1.99. The molecule has 3 atom stereocenters. The Kier molecular flexibility index (Phi) is 6.91. The zero-order valence-corrected chi connectivity index (χ0v) is 17.3. The van der Waals surface area contributed by atoms with E-state index in [4.69, 9.17) is 0 Å². The van der Waals surface area contributed by atoms with Crippen molar-refractivity contribution in [2.45, 2.75) is 25.1 Å². The molecule has 3 N–H and O–H groups in total. The van der Waals surface area contributed by atoms with Gasteiger partial charge in [0, 0.05) is 30.2 Å². The lowest BCUT2D eigenvalue weighted by Gasteiger charge is -2.15. The minimum absolute atomic E-state index is 0.165. The summed E-state index contributed by atoms with van der Waals surface area (Å²) in [5.41, 5.74) is -0.519. The highest BCUT2D eigenvalue weighted by Crippen LogP contribution is 2.29. The zero-order chi connectivity index (χ0) is 22.6. The molecule has 0 aromatic carbocycles. The zero-order valence-electron chi connectivity index (χ0n) is 16.1. The van der Waals surface area contributed by atoms with Crippen molar-refractivity contribution in [3.8, 4) is 11.6 Å². The van der Waals surface area contributed by atoms with Crippen molar-refractivity contribution >= 4 is 26.6 Å². The molecule has 3 rings (SSSR count). The summed E-state index contributed by atoms with van der Waals surface area (Å²) in [5.74, 6) is -1.47. The number of anilines is 3. The number of alkyl halides is 4. The molecule has 3 aromatic rings. The van der Waals surface area contributed by atoms with Crippen molar-refractivity contribution in [2.75, 3.05) is 17.2 Å². The summed E-state index contributed by atoms with van der Waals surface area (Å²) in [6, 6.07) is 4.87. The molecule has 3 unspecified atom stereocenters. The topological polar surface area (TPSA) is 109 Å². The molecule has 0 aliphatic heterocycles. The maximum atomic E-state index is 13.5. The predicted molar refractivity (Wildman–Crippen MR) is 109 cm³/mol. The SMILES string of the molecule is CC(CO)Nc1cc(Nc2ccnc(C(F)P)c2)nc(-c2nccc(C(F)(F)F)n2)n1. The van der Waals surface area contributed by atoms with Gasteiger partial charge < -0.3 is 15.7 Å². The third-order valence-corrected chi connectivity index (χ3v) is 4.22. The molecule has 0 bridgehead atoms. The Labute approximate surface area is 176 Å². The minimum atomic E-state index is -4.66. The second-order valence-corrected chi connectivity index (χ2v) is 7.03. The van der Waals surface area contributed by atoms with Gasteiger partial charge in [-0.15, -0.1) is 0 Å². The van der Waals surface area contributed by atoms with Crippen LogP contribution in [0.1, 0.15) is 24.2 Å². The first kappa shape index (κ1) is 22.7. The van der Waals surface area contributed by atoms with Gasteiger partial charge >= 0.3 is 6.18 Å². The van der Waals surface area contributed by atoms with Gasteiger partial charge in [-0.1, -0.05) is 9.24 Å². The number of aliphatic hydroxyl groups excluding tert-OH is 1. The predicted octanol–water partition coefficient (Wildman–Crippen LogP) is 3.73. The summed E-state index contributed by atoms with van der Waals surface area (Å²) < 4.78 is 52.6. The Balaban J connectivity index is 2.02. The van der Waals surface area contributed by atoms with Crippen LogP contribution in [0.2, 0.25) is 0 Å². The number of pyridine rings is 1. The van der Waals surface area contributed by atoms with Gasteiger partial charge in [0.15, 0.2) is 11.7 Å². The van der Waals surface area contributed by atoms with Crippen molar-refractivity contribution in [3.63, 3.8) is 0 Å². The third kappa shape index (κ3) is 6.02. The number of hydrogen-bond donors (Lipinski definition) is 3. The van der Waals surface area contributed by atoms with E-state index in [0.717, 1.165) is 12.3 Å². The highest BCUT2D eigenvalue weighted by Gasteiger charge is 2.33. The van der Waals surface area contributed by atoms with E-state index in [2.05, 4.69) is 35.6 Å². The van der Waals surface area contributed by atoms with E-state index in [1.165, 1.54) is 18.3 Å². The number of nitrogens with zero attached hydrogens (tertiary/aromatic N) is 5. The Morgan fingerprint density at radius 2 is 1.74 bits per heavy atom. The van der Waals surface area contributed by atoms with E-state index in [1.54, 1.807) is 13.0 Å². The lowest BCUT2D eigenvalue weighted by molar-refractivity contribution is -0.141. The Bertz CT molecular complexity index is 1050. The fourth-order valence-electron chi connectivity index (χ4n) is 2.43. The second-order valence-electron chi connectivity index (χ2n) is 6.45. The highest BCUT2D eigenvalue weighted by atomic mass is 31.0. The molecule has 3 aromatic heterocycles. The van der Waals surface area contributed by atoms with Crippen LogP contribution >= 0.6 is 9.24 Å². The Morgan fingerprint density at radius 3 is 2.42 bits per heavy atom. The van der Waals surface area contributed by atoms with Crippen LogP contribution in [-0.4, -0.2) is 42.7 Å². The van der Waals surface area contributed by atoms with Gasteiger partial charge in [0.25, 0.3) is 0 Å². The first-order valence-corrected chi connectivity index (χ1v) is 9.62. The second kappa shape index (κ2) is 9.44. The van der Waals surface area contributed by atoms with E-state index < -0.39 is 23.8 Å². The van der Waals surface area contributed by atoms with Gasteiger partial charge in [-0.3, -0.25) is 4.98 Å². The molecule has 0 fully saturated rings. The maximum Gasteiger partial charge on any atom is 0.433 e. The van der Waals surface area contributed by atoms with Crippen LogP contribution in [0.4, 0.5) is 34.9 Å². The average Bonchev–Trinajstić information content (AvgIpc) is 2.73. The van der Waals surface area contributed by atoms with Crippen molar-refractivity contribution in [1.29, 1.82) is 0 Å². The van der Waals surface area contributed by atoms with Gasteiger partial charge in [-0.2, -0.15) is 13.2 Å². The molecule has 31 heavy (non-hydrogen) atoms. The highest BCUT2D eigenvalue weighted by molar-refractivity contribution is 7.16. The van der Waals surface area contributed by atoms with Crippen molar-refractivity contribution in [2.24, 2.45) is 0 Å². The lowest BCUT2D eigenvalue weighted by atomic mass is 10.3. The summed E-state index contributed by atoms with van der Waals surface area (Å²) >= 11 is 0. The van der Waals surface area contributed by atoms with Crippen LogP contribution < -0.4 is 10.6 Å². The molecule has 3 heterocycles. The molecular weight excluding hydrogens is 437 g/mol. The van der Waals surface area contributed by atoms with Crippen LogP contribution in [-0.2, 0) is 6.18 Å². The van der Waals surface area contributed by atoms with E-state index in [-0.39, 0.29) is 35.6 Å². The number of aliphatic hydroxyl groups is 1. The molecule has 0 spiro atoms. The first-order chi connectivity index (χ1) is 14.7. The molecule has 164 valence electrons. The Hall–Kier alpha value is -2.98. The third-order valence-electron chi connectivity index (χ3n) is 3.88. The number of rotatable bonds is 7. The summed E-state index contributed by atoms with van der Waals surface area (Å²) in [6.07, 6.45) is -2.29. The summed E-state index contributed by atoms with van der Waals surface area (Å²) in [5, 5.41) is 15.1. The summed E-state index contributed by atoms with van der Waals surface area (Å²) in [4.78, 5) is 19.6. The fraction of sp³-hybridized carbons (Fsp3) is 0.278.